The standard InChI is InChI=1S/C17H16ClNO5S/c18-16-4-2-1-3-13(16)5-10-17(20)24-12-11-23-14-6-8-15(9-7-14)25(19,21)22/h1-10H,11-12H2,(H2,19,21,22)/b10-5+. The number of carbonyl (C=O) groups excluding carboxylic acids is 1. The molecule has 25 heavy (non-hydrogen) atoms. The van der Waals surface area contributed by atoms with E-state index in [-0.39, 0.29) is 18.1 Å². The fourth-order valence-electron chi connectivity index (χ4n) is 1.84. The Hall–Kier alpha value is -2.35. The molecule has 2 aromatic rings. The predicted octanol–water partition coefficient (Wildman–Crippen LogP) is 2.62. The molecule has 0 atom stereocenters. The van der Waals surface area contributed by atoms with Crippen LogP contribution in [0.3, 0.4) is 0 Å². The summed E-state index contributed by atoms with van der Waals surface area (Å²) in [7, 11) is -3.73. The monoisotopic (exact) mass is 381 g/mol. The SMILES string of the molecule is NS(=O)(=O)c1ccc(OCCOC(=O)/C=C/c2ccccc2Cl)cc1. The molecular formula is C17H16ClNO5S. The van der Waals surface area contributed by atoms with Crippen LogP contribution in [0, 0.1) is 0 Å². The lowest BCUT2D eigenvalue weighted by Crippen LogP contribution is -2.12. The summed E-state index contributed by atoms with van der Waals surface area (Å²) in [5.74, 6) is -0.0804. The molecule has 0 fully saturated rings. The van der Waals surface area contributed by atoms with Crippen molar-refractivity contribution in [3.05, 3.63) is 65.2 Å². The molecule has 0 spiro atoms. The maximum Gasteiger partial charge on any atom is 0.330 e. The number of ether oxygens (including phenoxy) is 2. The van der Waals surface area contributed by atoms with Crippen molar-refractivity contribution in [1.82, 2.24) is 0 Å². The third-order valence-corrected chi connectivity index (χ3v) is 4.33. The van der Waals surface area contributed by atoms with Crippen LogP contribution in [0.2, 0.25) is 5.02 Å². The van der Waals surface area contributed by atoms with E-state index < -0.39 is 16.0 Å². The van der Waals surface area contributed by atoms with Gasteiger partial charge in [0.15, 0.2) is 0 Å². The van der Waals surface area contributed by atoms with Gasteiger partial charge in [-0.25, -0.2) is 18.4 Å². The van der Waals surface area contributed by atoms with Gasteiger partial charge in [-0.05, 0) is 42.0 Å². The second-order valence-electron chi connectivity index (χ2n) is 4.89. The molecule has 6 nitrogen and oxygen atoms in total. The number of sulfonamides is 1. The van der Waals surface area contributed by atoms with E-state index in [1.165, 1.54) is 30.3 Å². The third kappa shape index (κ3) is 6.22. The Kier molecular flexibility index (Phi) is 6.58. The molecule has 2 N–H and O–H groups in total. The van der Waals surface area contributed by atoms with Crippen LogP contribution in [0.4, 0.5) is 0 Å². The minimum absolute atomic E-state index is 0.00372. The van der Waals surface area contributed by atoms with Gasteiger partial charge < -0.3 is 9.47 Å². The normalized spacial score (nSPS) is 11.4. The van der Waals surface area contributed by atoms with Gasteiger partial charge in [0.2, 0.25) is 10.0 Å². The molecule has 0 bridgehead atoms. The van der Waals surface area contributed by atoms with E-state index in [1.807, 2.05) is 6.07 Å². The summed E-state index contributed by atoms with van der Waals surface area (Å²) in [5, 5.41) is 5.54. The van der Waals surface area contributed by atoms with Crippen LogP contribution in [0.5, 0.6) is 5.75 Å². The quantitative estimate of drug-likeness (QED) is 0.452. The topological polar surface area (TPSA) is 95.7 Å². The number of hydrogen-bond acceptors (Lipinski definition) is 5. The van der Waals surface area contributed by atoms with Crippen LogP contribution < -0.4 is 9.88 Å². The van der Waals surface area contributed by atoms with Crippen LogP contribution in [-0.2, 0) is 19.6 Å². The van der Waals surface area contributed by atoms with E-state index >= 15 is 0 Å². The van der Waals surface area contributed by atoms with E-state index in [0.29, 0.717) is 16.3 Å². The molecule has 0 aliphatic carbocycles. The van der Waals surface area contributed by atoms with Gasteiger partial charge in [0.1, 0.15) is 19.0 Å². The molecule has 8 heteroatoms. The van der Waals surface area contributed by atoms with Gasteiger partial charge in [0.05, 0.1) is 4.90 Å². The summed E-state index contributed by atoms with van der Waals surface area (Å²) in [4.78, 5) is 11.6. The lowest BCUT2D eigenvalue weighted by Gasteiger charge is -2.07. The summed E-state index contributed by atoms with van der Waals surface area (Å²) in [6.07, 6.45) is 2.85. The molecule has 0 amide bonds. The molecule has 0 unspecified atom stereocenters. The van der Waals surface area contributed by atoms with E-state index in [4.69, 9.17) is 26.2 Å². The van der Waals surface area contributed by atoms with Crippen LogP contribution in [0.25, 0.3) is 6.08 Å². The summed E-state index contributed by atoms with van der Waals surface area (Å²) in [6.45, 7) is 0.170. The van der Waals surface area contributed by atoms with Crippen molar-refractivity contribution >= 4 is 33.7 Å². The average Bonchev–Trinajstić information content (AvgIpc) is 2.57. The first-order chi connectivity index (χ1) is 11.9. The highest BCUT2D eigenvalue weighted by molar-refractivity contribution is 7.89. The van der Waals surface area contributed by atoms with Gasteiger partial charge in [0.25, 0.3) is 0 Å². The van der Waals surface area contributed by atoms with E-state index in [0.717, 1.165) is 0 Å². The van der Waals surface area contributed by atoms with Crippen molar-refractivity contribution in [1.29, 1.82) is 0 Å². The minimum Gasteiger partial charge on any atom is -0.490 e. The third-order valence-electron chi connectivity index (χ3n) is 3.05. The number of halogens is 1. The molecule has 0 aromatic heterocycles. The summed E-state index contributed by atoms with van der Waals surface area (Å²) in [6, 6.07) is 12.7. The molecule has 0 saturated carbocycles. The molecule has 0 aliphatic rings. The molecule has 0 aliphatic heterocycles. The molecule has 132 valence electrons. The minimum atomic E-state index is -3.73. The van der Waals surface area contributed by atoms with Gasteiger partial charge >= 0.3 is 5.97 Å². The van der Waals surface area contributed by atoms with Crippen molar-refractivity contribution in [2.45, 2.75) is 4.90 Å². The first-order valence-corrected chi connectivity index (χ1v) is 9.14. The maximum absolute atomic E-state index is 11.6. The highest BCUT2D eigenvalue weighted by Gasteiger charge is 2.07. The van der Waals surface area contributed by atoms with E-state index in [9.17, 15) is 13.2 Å². The lowest BCUT2D eigenvalue weighted by atomic mass is 10.2. The zero-order valence-corrected chi connectivity index (χ0v) is 14.7. The first-order valence-electron chi connectivity index (χ1n) is 7.21. The molecule has 2 rings (SSSR count). The Morgan fingerprint density at radius 1 is 1.08 bits per heavy atom. The van der Waals surface area contributed by atoms with Crippen molar-refractivity contribution in [2.75, 3.05) is 13.2 Å². The predicted molar refractivity (Wildman–Crippen MR) is 94.8 cm³/mol. The highest BCUT2D eigenvalue weighted by atomic mass is 35.5. The number of benzene rings is 2. The smallest absolute Gasteiger partial charge is 0.330 e. The Labute approximate surface area is 150 Å². The van der Waals surface area contributed by atoms with Crippen molar-refractivity contribution in [3.8, 4) is 5.75 Å². The summed E-state index contributed by atoms with van der Waals surface area (Å²) in [5.41, 5.74) is 0.715. The maximum atomic E-state index is 11.6. The average molecular weight is 382 g/mol. The number of nitrogens with two attached hydrogens (primary N) is 1. The van der Waals surface area contributed by atoms with E-state index in [1.54, 1.807) is 24.3 Å². The van der Waals surface area contributed by atoms with Crippen LogP contribution in [-0.4, -0.2) is 27.6 Å². The zero-order chi connectivity index (χ0) is 18.3. The second kappa shape index (κ2) is 8.66. The van der Waals surface area contributed by atoms with Gasteiger partial charge in [0, 0.05) is 11.1 Å². The first kappa shape index (κ1) is 19.0. The zero-order valence-electron chi connectivity index (χ0n) is 13.1. The number of hydrogen-bond donors (Lipinski definition) is 1. The van der Waals surface area contributed by atoms with E-state index in [2.05, 4.69) is 0 Å². The number of rotatable bonds is 7. The van der Waals surface area contributed by atoms with Crippen LogP contribution in [0.15, 0.2) is 59.5 Å². The Bertz CT molecular complexity index is 863. The van der Waals surface area contributed by atoms with Gasteiger partial charge in [-0.3, -0.25) is 0 Å². The van der Waals surface area contributed by atoms with Gasteiger partial charge in [-0.1, -0.05) is 29.8 Å². The highest BCUT2D eigenvalue weighted by Crippen LogP contribution is 2.16. The van der Waals surface area contributed by atoms with Crippen LogP contribution in [0.1, 0.15) is 5.56 Å². The lowest BCUT2D eigenvalue weighted by molar-refractivity contribution is -0.138. The summed E-state index contributed by atoms with van der Waals surface area (Å²) >= 11 is 5.97. The fourth-order valence-corrected chi connectivity index (χ4v) is 2.56. The van der Waals surface area contributed by atoms with Crippen molar-refractivity contribution in [3.63, 3.8) is 0 Å². The Morgan fingerprint density at radius 2 is 1.76 bits per heavy atom. The number of carbonyl (C=O) groups is 1. The molecule has 0 heterocycles. The van der Waals surface area contributed by atoms with Crippen molar-refractivity contribution in [2.24, 2.45) is 5.14 Å². The second-order valence-corrected chi connectivity index (χ2v) is 6.86. The fraction of sp³-hybridized carbons (Fsp3) is 0.118. The summed E-state index contributed by atoms with van der Waals surface area (Å²) < 4.78 is 32.6. The largest absolute Gasteiger partial charge is 0.490 e. The molecule has 2 aromatic carbocycles. The van der Waals surface area contributed by atoms with Gasteiger partial charge in [-0.2, -0.15) is 0 Å². The molecule has 0 saturated heterocycles. The van der Waals surface area contributed by atoms with Crippen molar-refractivity contribution < 1.29 is 22.7 Å². The number of primary sulfonamides is 1. The Balaban J connectivity index is 1.75. The van der Waals surface area contributed by atoms with Gasteiger partial charge in [-0.15, -0.1) is 0 Å². The Morgan fingerprint density at radius 3 is 2.40 bits per heavy atom. The van der Waals surface area contributed by atoms with Crippen LogP contribution >= 0.6 is 11.6 Å². The molecular weight excluding hydrogens is 366 g/mol. The molecule has 0 radical (unpaired) electrons. The number of esters is 1.